The smallest absolute Gasteiger partial charge is 0.281 e. The van der Waals surface area contributed by atoms with Gasteiger partial charge in [-0.1, -0.05) is 48.5 Å². The lowest BCUT2D eigenvalue weighted by molar-refractivity contribution is -0.113. The molecule has 1 N–H and O–H groups in total. The number of amides is 1. The number of carbonyl (C=O) groups is 1. The quantitative estimate of drug-likeness (QED) is 0.564. The molecule has 3 aromatic carbocycles. The summed E-state index contributed by atoms with van der Waals surface area (Å²) in [7, 11) is 1.59. The van der Waals surface area contributed by atoms with E-state index in [1.807, 2.05) is 54.6 Å². The van der Waals surface area contributed by atoms with E-state index >= 15 is 0 Å². The van der Waals surface area contributed by atoms with Gasteiger partial charge in [-0.2, -0.15) is 0 Å². The van der Waals surface area contributed by atoms with Crippen LogP contribution in [0.4, 0.5) is 5.69 Å². The Balaban J connectivity index is 1.73. The lowest BCUT2D eigenvalue weighted by atomic mass is 10.0. The van der Waals surface area contributed by atoms with E-state index in [-0.39, 0.29) is 5.91 Å². The molecule has 5 heteroatoms. The van der Waals surface area contributed by atoms with Gasteiger partial charge in [-0.25, -0.2) is 0 Å². The van der Waals surface area contributed by atoms with Crippen LogP contribution in [0.3, 0.4) is 0 Å². The molecular formula is C21H16N2O2S. The molecule has 0 aromatic heterocycles. The minimum atomic E-state index is -0.184. The Labute approximate surface area is 156 Å². The van der Waals surface area contributed by atoms with E-state index in [1.165, 1.54) is 4.90 Å². The van der Waals surface area contributed by atoms with Gasteiger partial charge in [0.1, 0.15) is 11.4 Å². The normalized spacial score (nSPS) is 15.6. The van der Waals surface area contributed by atoms with Crippen LogP contribution < -0.4 is 15.0 Å². The van der Waals surface area contributed by atoms with E-state index in [4.69, 9.17) is 17.0 Å². The van der Waals surface area contributed by atoms with Gasteiger partial charge in [0.2, 0.25) is 0 Å². The van der Waals surface area contributed by atoms with Crippen LogP contribution in [0.15, 0.2) is 72.4 Å². The molecule has 0 bridgehead atoms. The molecule has 0 unspecified atom stereocenters. The summed E-state index contributed by atoms with van der Waals surface area (Å²) in [6.45, 7) is 0. The molecule has 0 aliphatic carbocycles. The number of fused-ring (bicyclic) bond motifs is 1. The van der Waals surface area contributed by atoms with Gasteiger partial charge in [-0.3, -0.25) is 9.69 Å². The highest BCUT2D eigenvalue weighted by Crippen LogP contribution is 2.27. The maximum Gasteiger partial charge on any atom is 0.281 e. The summed E-state index contributed by atoms with van der Waals surface area (Å²) in [6, 6.07) is 21.4. The molecule has 0 spiro atoms. The van der Waals surface area contributed by atoms with E-state index in [0.29, 0.717) is 22.2 Å². The fourth-order valence-corrected chi connectivity index (χ4v) is 3.35. The SMILES string of the molecule is COc1cccc(N2C(=O)/C(=C/c3cccc4ccccc34)NC2=S)c1. The average molecular weight is 360 g/mol. The maximum atomic E-state index is 12.9. The number of anilines is 1. The minimum Gasteiger partial charge on any atom is -0.497 e. The fraction of sp³-hybridized carbons (Fsp3) is 0.0476. The molecule has 26 heavy (non-hydrogen) atoms. The summed E-state index contributed by atoms with van der Waals surface area (Å²) in [5, 5.41) is 5.60. The van der Waals surface area contributed by atoms with Gasteiger partial charge in [0.05, 0.1) is 12.8 Å². The molecule has 3 aromatic rings. The number of hydrogen-bond donors (Lipinski definition) is 1. The number of hydrogen-bond acceptors (Lipinski definition) is 3. The number of benzene rings is 3. The Morgan fingerprint density at radius 1 is 1.04 bits per heavy atom. The van der Waals surface area contributed by atoms with E-state index in [9.17, 15) is 4.79 Å². The molecule has 1 fully saturated rings. The zero-order valence-electron chi connectivity index (χ0n) is 14.1. The van der Waals surface area contributed by atoms with Crippen molar-refractivity contribution in [3.8, 4) is 5.75 Å². The first-order valence-electron chi connectivity index (χ1n) is 8.16. The zero-order chi connectivity index (χ0) is 18.1. The predicted octanol–water partition coefficient (Wildman–Crippen LogP) is 4.11. The summed E-state index contributed by atoms with van der Waals surface area (Å²) in [5.41, 5.74) is 2.09. The number of thiocarbonyl (C=S) groups is 1. The molecular weight excluding hydrogens is 344 g/mol. The van der Waals surface area contributed by atoms with Crippen molar-refractivity contribution in [1.82, 2.24) is 5.32 Å². The highest BCUT2D eigenvalue weighted by Gasteiger charge is 2.32. The van der Waals surface area contributed by atoms with Gasteiger partial charge in [-0.05, 0) is 46.8 Å². The maximum absolute atomic E-state index is 12.9. The fourth-order valence-electron chi connectivity index (χ4n) is 3.05. The third-order valence-corrected chi connectivity index (χ3v) is 4.60. The Kier molecular flexibility index (Phi) is 4.14. The van der Waals surface area contributed by atoms with Gasteiger partial charge in [-0.15, -0.1) is 0 Å². The summed E-state index contributed by atoms with van der Waals surface area (Å²) in [4.78, 5) is 14.4. The first kappa shape index (κ1) is 16.3. The van der Waals surface area contributed by atoms with Crippen LogP contribution in [0.5, 0.6) is 5.75 Å². The van der Waals surface area contributed by atoms with Gasteiger partial charge in [0.25, 0.3) is 5.91 Å². The van der Waals surface area contributed by atoms with Crippen LogP contribution in [0, 0.1) is 0 Å². The van der Waals surface area contributed by atoms with Gasteiger partial charge in [0.15, 0.2) is 5.11 Å². The Hall–Kier alpha value is -3.18. The molecule has 4 nitrogen and oxygen atoms in total. The Bertz CT molecular complexity index is 1050. The van der Waals surface area contributed by atoms with Gasteiger partial charge >= 0.3 is 0 Å². The molecule has 4 rings (SSSR count). The van der Waals surface area contributed by atoms with E-state index in [1.54, 1.807) is 13.2 Å². The third kappa shape index (κ3) is 2.82. The second kappa shape index (κ2) is 6.61. The molecule has 1 amide bonds. The van der Waals surface area contributed by atoms with E-state index < -0.39 is 0 Å². The number of rotatable bonds is 3. The highest BCUT2D eigenvalue weighted by molar-refractivity contribution is 7.80. The molecule has 1 aliphatic heterocycles. The summed E-state index contributed by atoms with van der Waals surface area (Å²) in [5.74, 6) is 0.487. The Morgan fingerprint density at radius 3 is 2.65 bits per heavy atom. The number of methoxy groups -OCH3 is 1. The van der Waals surface area contributed by atoms with Crippen LogP contribution >= 0.6 is 12.2 Å². The molecule has 1 heterocycles. The summed E-state index contributed by atoms with van der Waals surface area (Å²) in [6.07, 6.45) is 1.84. The first-order chi connectivity index (χ1) is 12.7. The van der Waals surface area contributed by atoms with Crippen molar-refractivity contribution in [2.45, 2.75) is 0 Å². The highest BCUT2D eigenvalue weighted by atomic mass is 32.1. The first-order valence-corrected chi connectivity index (χ1v) is 8.57. The molecule has 0 atom stereocenters. The monoisotopic (exact) mass is 360 g/mol. The van der Waals surface area contributed by atoms with Crippen LogP contribution in [0.2, 0.25) is 0 Å². The Morgan fingerprint density at radius 2 is 1.81 bits per heavy atom. The summed E-state index contributed by atoms with van der Waals surface area (Å²) < 4.78 is 5.24. The van der Waals surface area contributed by atoms with E-state index in [0.717, 1.165) is 16.3 Å². The average Bonchev–Trinajstić information content (AvgIpc) is 2.95. The van der Waals surface area contributed by atoms with Crippen molar-refractivity contribution >= 4 is 45.8 Å². The predicted molar refractivity (Wildman–Crippen MR) is 108 cm³/mol. The van der Waals surface area contributed by atoms with Crippen LogP contribution in [0.1, 0.15) is 5.56 Å². The summed E-state index contributed by atoms with van der Waals surface area (Å²) >= 11 is 5.38. The van der Waals surface area contributed by atoms with Crippen molar-refractivity contribution in [2.75, 3.05) is 12.0 Å². The van der Waals surface area contributed by atoms with Crippen molar-refractivity contribution in [2.24, 2.45) is 0 Å². The molecule has 0 radical (unpaired) electrons. The van der Waals surface area contributed by atoms with Crippen molar-refractivity contribution in [3.05, 3.63) is 78.0 Å². The van der Waals surface area contributed by atoms with Crippen LogP contribution in [-0.4, -0.2) is 18.1 Å². The lowest BCUT2D eigenvalue weighted by Crippen LogP contribution is -2.30. The zero-order valence-corrected chi connectivity index (χ0v) is 14.9. The molecule has 0 saturated carbocycles. The van der Waals surface area contributed by atoms with Crippen molar-refractivity contribution in [1.29, 1.82) is 0 Å². The number of nitrogens with zero attached hydrogens (tertiary/aromatic N) is 1. The molecule has 128 valence electrons. The second-order valence-electron chi connectivity index (χ2n) is 5.90. The number of ether oxygens (including phenoxy) is 1. The van der Waals surface area contributed by atoms with Gasteiger partial charge in [0, 0.05) is 6.07 Å². The second-order valence-corrected chi connectivity index (χ2v) is 6.29. The largest absolute Gasteiger partial charge is 0.497 e. The standard InChI is InChI=1S/C21H16N2O2S/c1-25-17-10-5-9-16(13-17)23-20(24)19(22-21(23)26)12-15-8-4-7-14-6-2-3-11-18(14)15/h2-13H,1H3,(H,22,26)/b19-12-. The van der Waals surface area contributed by atoms with Crippen LogP contribution in [0.25, 0.3) is 16.8 Å². The van der Waals surface area contributed by atoms with E-state index in [2.05, 4.69) is 17.4 Å². The van der Waals surface area contributed by atoms with Crippen molar-refractivity contribution < 1.29 is 9.53 Å². The number of carbonyl (C=O) groups excluding carboxylic acids is 1. The minimum absolute atomic E-state index is 0.184. The number of nitrogens with one attached hydrogen (secondary N) is 1. The third-order valence-electron chi connectivity index (χ3n) is 4.31. The lowest BCUT2D eigenvalue weighted by Gasteiger charge is -2.14. The molecule has 1 aliphatic rings. The topological polar surface area (TPSA) is 41.6 Å². The van der Waals surface area contributed by atoms with Gasteiger partial charge < -0.3 is 10.1 Å². The molecule has 1 saturated heterocycles. The van der Waals surface area contributed by atoms with Crippen molar-refractivity contribution in [3.63, 3.8) is 0 Å². The van der Waals surface area contributed by atoms with Crippen LogP contribution in [-0.2, 0) is 4.79 Å².